The van der Waals surface area contributed by atoms with E-state index in [1.807, 2.05) is 13.8 Å². The summed E-state index contributed by atoms with van der Waals surface area (Å²) in [7, 11) is 1.58. The minimum atomic E-state index is -0.0108. The monoisotopic (exact) mass is 205 g/mol. The number of nitrogens with one attached hydrogen (secondary N) is 1. The Hall–Kier alpha value is -1.76. The first-order valence-electron chi connectivity index (χ1n) is 4.81. The number of methoxy groups -OCH3 is 1. The summed E-state index contributed by atoms with van der Waals surface area (Å²) in [5.74, 6) is 3.95. The molecular formula is C11H15N3O. The summed E-state index contributed by atoms with van der Waals surface area (Å²) < 4.78 is 5.09. The maximum absolute atomic E-state index is 5.36. The van der Waals surface area contributed by atoms with Crippen LogP contribution < -0.4 is 10.1 Å². The molecule has 1 N–H and O–H groups in total. The molecule has 15 heavy (non-hydrogen) atoms. The molecular weight excluding hydrogens is 190 g/mol. The highest BCUT2D eigenvalue weighted by Gasteiger charge is 2.09. The summed E-state index contributed by atoms with van der Waals surface area (Å²) in [5.41, 5.74) is 0.869. The second-order valence-electron chi connectivity index (χ2n) is 3.13. The molecule has 0 saturated heterocycles. The van der Waals surface area contributed by atoms with Crippen molar-refractivity contribution in [3.05, 3.63) is 11.9 Å². The number of rotatable bonds is 4. The van der Waals surface area contributed by atoms with Gasteiger partial charge in [0.1, 0.15) is 12.1 Å². The van der Waals surface area contributed by atoms with Crippen LogP contribution in [0.4, 0.5) is 5.82 Å². The summed E-state index contributed by atoms with van der Waals surface area (Å²) >= 11 is 0. The topological polar surface area (TPSA) is 47.0 Å². The molecule has 0 saturated carbocycles. The molecule has 1 aromatic rings. The zero-order chi connectivity index (χ0) is 11.3. The van der Waals surface area contributed by atoms with Crippen LogP contribution in [0.5, 0.6) is 5.88 Å². The lowest BCUT2D eigenvalue weighted by Crippen LogP contribution is -2.17. The Morgan fingerprint density at radius 1 is 1.60 bits per heavy atom. The molecule has 0 spiro atoms. The maximum atomic E-state index is 5.36. The van der Waals surface area contributed by atoms with Gasteiger partial charge in [-0.2, -0.15) is 0 Å². The van der Waals surface area contributed by atoms with Crippen molar-refractivity contribution in [1.82, 2.24) is 9.97 Å². The van der Waals surface area contributed by atoms with Crippen molar-refractivity contribution >= 4 is 5.82 Å². The molecule has 0 aliphatic carbocycles. The molecule has 1 aromatic heterocycles. The van der Waals surface area contributed by atoms with Crippen molar-refractivity contribution in [2.75, 3.05) is 12.4 Å². The van der Waals surface area contributed by atoms with Crippen molar-refractivity contribution in [3.8, 4) is 18.2 Å². The molecule has 0 radical (unpaired) electrons. The largest absolute Gasteiger partial charge is 0.481 e. The van der Waals surface area contributed by atoms with Gasteiger partial charge in [-0.25, -0.2) is 9.97 Å². The van der Waals surface area contributed by atoms with E-state index >= 15 is 0 Å². The first-order chi connectivity index (χ1) is 7.22. The Labute approximate surface area is 90.1 Å². The fourth-order valence-corrected chi connectivity index (χ4v) is 1.21. The molecule has 0 fully saturated rings. The van der Waals surface area contributed by atoms with Crippen LogP contribution in [0.15, 0.2) is 6.33 Å². The first-order valence-corrected chi connectivity index (χ1v) is 4.81. The molecule has 1 atom stereocenters. The second kappa shape index (κ2) is 5.20. The summed E-state index contributed by atoms with van der Waals surface area (Å²) in [6.07, 6.45) is 7.67. The third kappa shape index (κ3) is 2.59. The molecule has 80 valence electrons. The van der Waals surface area contributed by atoms with Gasteiger partial charge in [0.15, 0.2) is 0 Å². The third-order valence-corrected chi connectivity index (χ3v) is 2.15. The minimum absolute atomic E-state index is 0.0108. The molecule has 0 aliphatic rings. The molecule has 4 nitrogen and oxygen atoms in total. The van der Waals surface area contributed by atoms with E-state index < -0.39 is 0 Å². The van der Waals surface area contributed by atoms with E-state index in [-0.39, 0.29) is 6.04 Å². The Morgan fingerprint density at radius 2 is 2.33 bits per heavy atom. The van der Waals surface area contributed by atoms with E-state index in [1.54, 1.807) is 7.11 Å². The fourth-order valence-electron chi connectivity index (χ4n) is 1.21. The Bertz CT molecular complexity index is 371. The van der Waals surface area contributed by atoms with Gasteiger partial charge in [-0.1, -0.05) is 12.8 Å². The van der Waals surface area contributed by atoms with Crippen molar-refractivity contribution in [2.45, 2.75) is 26.3 Å². The quantitative estimate of drug-likeness (QED) is 0.759. The molecule has 0 amide bonds. The molecule has 0 aliphatic heterocycles. The highest BCUT2D eigenvalue weighted by molar-refractivity contribution is 5.49. The van der Waals surface area contributed by atoms with E-state index in [0.29, 0.717) is 5.88 Å². The van der Waals surface area contributed by atoms with Gasteiger partial charge in [0.25, 0.3) is 0 Å². The number of nitrogens with zero attached hydrogens (tertiary/aromatic N) is 2. The number of terminal acetylenes is 1. The molecule has 4 heteroatoms. The van der Waals surface area contributed by atoms with Crippen molar-refractivity contribution in [1.29, 1.82) is 0 Å². The Kier molecular flexibility index (Phi) is 3.92. The van der Waals surface area contributed by atoms with Crippen LogP contribution in [0, 0.1) is 19.3 Å². The van der Waals surface area contributed by atoms with Crippen LogP contribution in [-0.4, -0.2) is 23.1 Å². The maximum Gasteiger partial charge on any atom is 0.221 e. The number of hydrogen-bond acceptors (Lipinski definition) is 4. The highest BCUT2D eigenvalue weighted by Crippen LogP contribution is 2.20. The summed E-state index contributed by atoms with van der Waals surface area (Å²) in [5, 5.41) is 3.15. The second-order valence-corrected chi connectivity index (χ2v) is 3.13. The lowest BCUT2D eigenvalue weighted by atomic mass is 10.2. The zero-order valence-corrected chi connectivity index (χ0v) is 9.24. The van der Waals surface area contributed by atoms with Gasteiger partial charge in [-0.3, -0.25) is 0 Å². The van der Waals surface area contributed by atoms with Crippen LogP contribution >= 0.6 is 0 Å². The van der Waals surface area contributed by atoms with E-state index in [1.165, 1.54) is 6.33 Å². The van der Waals surface area contributed by atoms with Crippen LogP contribution in [0.3, 0.4) is 0 Å². The Balaban J connectivity index is 2.91. The van der Waals surface area contributed by atoms with Gasteiger partial charge in [-0.05, 0) is 13.3 Å². The minimum Gasteiger partial charge on any atom is -0.481 e. The van der Waals surface area contributed by atoms with Gasteiger partial charge in [0.2, 0.25) is 5.88 Å². The van der Waals surface area contributed by atoms with E-state index in [2.05, 4.69) is 21.2 Å². The number of aromatic nitrogens is 2. The molecule has 1 rings (SSSR count). The van der Waals surface area contributed by atoms with E-state index in [9.17, 15) is 0 Å². The normalized spacial score (nSPS) is 11.6. The average Bonchev–Trinajstić information content (AvgIpc) is 2.28. The molecule has 1 heterocycles. The standard InChI is InChI=1S/C11H15N3O/c1-5-9(6-2)14-10-8(3)11(15-4)13-7-12-10/h1,7,9H,6H2,2-4H3,(H,12,13,14). The van der Waals surface area contributed by atoms with Crippen LogP contribution in [0.25, 0.3) is 0 Å². The Morgan fingerprint density at radius 3 is 2.87 bits per heavy atom. The van der Waals surface area contributed by atoms with Crippen molar-refractivity contribution in [3.63, 3.8) is 0 Å². The van der Waals surface area contributed by atoms with Gasteiger partial charge < -0.3 is 10.1 Å². The SMILES string of the molecule is C#CC(CC)Nc1ncnc(OC)c1C. The highest BCUT2D eigenvalue weighted by atomic mass is 16.5. The molecule has 0 bridgehead atoms. The van der Waals surface area contributed by atoms with Gasteiger partial charge in [0, 0.05) is 0 Å². The van der Waals surface area contributed by atoms with Crippen molar-refractivity contribution < 1.29 is 4.74 Å². The predicted octanol–water partition coefficient (Wildman–Crippen LogP) is 1.62. The van der Waals surface area contributed by atoms with Gasteiger partial charge in [-0.15, -0.1) is 6.42 Å². The predicted molar refractivity (Wildman–Crippen MR) is 59.9 cm³/mol. The lowest BCUT2D eigenvalue weighted by Gasteiger charge is -2.14. The number of anilines is 1. The average molecular weight is 205 g/mol. The summed E-state index contributed by atoms with van der Waals surface area (Å²) in [6, 6.07) is -0.0108. The van der Waals surface area contributed by atoms with Gasteiger partial charge in [0.05, 0.1) is 18.7 Å². The summed E-state index contributed by atoms with van der Waals surface area (Å²) in [4.78, 5) is 8.12. The zero-order valence-electron chi connectivity index (χ0n) is 9.24. The van der Waals surface area contributed by atoms with Crippen molar-refractivity contribution in [2.24, 2.45) is 0 Å². The fraction of sp³-hybridized carbons (Fsp3) is 0.455. The first kappa shape index (κ1) is 11.3. The van der Waals surface area contributed by atoms with Crippen LogP contribution in [0.2, 0.25) is 0 Å². The number of hydrogen-bond donors (Lipinski definition) is 1. The lowest BCUT2D eigenvalue weighted by molar-refractivity contribution is 0.393. The van der Waals surface area contributed by atoms with E-state index in [4.69, 9.17) is 11.2 Å². The number of ether oxygens (including phenoxy) is 1. The summed E-state index contributed by atoms with van der Waals surface area (Å²) in [6.45, 7) is 3.91. The smallest absolute Gasteiger partial charge is 0.221 e. The molecule has 1 unspecified atom stereocenters. The van der Waals surface area contributed by atoms with Gasteiger partial charge >= 0.3 is 0 Å². The third-order valence-electron chi connectivity index (χ3n) is 2.15. The van der Waals surface area contributed by atoms with Crippen LogP contribution in [0.1, 0.15) is 18.9 Å². The molecule has 0 aromatic carbocycles. The van der Waals surface area contributed by atoms with Crippen LogP contribution in [-0.2, 0) is 0 Å². The van der Waals surface area contributed by atoms with E-state index in [0.717, 1.165) is 17.8 Å².